The van der Waals surface area contributed by atoms with Crippen LogP contribution in [0.4, 0.5) is 0 Å². The van der Waals surface area contributed by atoms with Crippen molar-refractivity contribution in [2.75, 3.05) is 19.7 Å². The largest absolute Gasteiger partial charge is 0.394 e. The molecular weight excluding hydrogens is 192 g/mol. The monoisotopic (exact) mass is 216 g/mol. The zero-order valence-corrected chi connectivity index (χ0v) is 10.3. The predicted octanol–water partition coefficient (Wildman–Crippen LogP) is 0.509. The molecule has 0 aromatic heterocycles. The first-order chi connectivity index (χ1) is 6.87. The van der Waals surface area contributed by atoms with Crippen LogP contribution in [0, 0.1) is 5.92 Å². The fraction of sp³-hybridized carbons (Fsp3) is 0.909. The molecule has 0 saturated heterocycles. The molecule has 0 aliphatic carbocycles. The van der Waals surface area contributed by atoms with Gasteiger partial charge >= 0.3 is 0 Å². The second kappa shape index (κ2) is 6.80. The van der Waals surface area contributed by atoms with Crippen LogP contribution in [0.15, 0.2) is 0 Å². The number of nitrogens with one attached hydrogen (secondary N) is 2. The SMILES string of the molecule is CC(C)CCNC(=O)CNC(C)(C)CO. The van der Waals surface area contributed by atoms with Gasteiger partial charge in [-0.1, -0.05) is 13.8 Å². The van der Waals surface area contributed by atoms with Crippen molar-refractivity contribution in [3.05, 3.63) is 0 Å². The van der Waals surface area contributed by atoms with E-state index >= 15 is 0 Å². The quantitative estimate of drug-likeness (QED) is 0.581. The summed E-state index contributed by atoms with van der Waals surface area (Å²) in [5.41, 5.74) is -0.393. The van der Waals surface area contributed by atoms with Crippen molar-refractivity contribution in [2.45, 2.75) is 39.7 Å². The van der Waals surface area contributed by atoms with E-state index in [1.807, 2.05) is 13.8 Å². The maximum atomic E-state index is 11.3. The normalized spacial score (nSPS) is 11.9. The summed E-state index contributed by atoms with van der Waals surface area (Å²) in [6.07, 6.45) is 0.995. The van der Waals surface area contributed by atoms with Gasteiger partial charge < -0.3 is 15.7 Å². The van der Waals surface area contributed by atoms with Crippen LogP contribution in [0.3, 0.4) is 0 Å². The van der Waals surface area contributed by atoms with E-state index in [0.29, 0.717) is 5.92 Å². The highest BCUT2D eigenvalue weighted by molar-refractivity contribution is 5.78. The fourth-order valence-corrected chi connectivity index (χ4v) is 0.938. The minimum atomic E-state index is -0.393. The summed E-state index contributed by atoms with van der Waals surface area (Å²) in [7, 11) is 0. The topological polar surface area (TPSA) is 61.4 Å². The third kappa shape index (κ3) is 8.39. The Labute approximate surface area is 92.4 Å². The number of hydrogen-bond acceptors (Lipinski definition) is 3. The lowest BCUT2D eigenvalue weighted by Crippen LogP contribution is -2.47. The van der Waals surface area contributed by atoms with Gasteiger partial charge in [-0.15, -0.1) is 0 Å². The highest BCUT2D eigenvalue weighted by Crippen LogP contribution is 1.98. The van der Waals surface area contributed by atoms with Gasteiger partial charge in [0.25, 0.3) is 0 Å². The fourth-order valence-electron chi connectivity index (χ4n) is 0.938. The summed E-state index contributed by atoms with van der Waals surface area (Å²) < 4.78 is 0. The van der Waals surface area contributed by atoms with Gasteiger partial charge in [0.15, 0.2) is 0 Å². The van der Waals surface area contributed by atoms with E-state index in [0.717, 1.165) is 13.0 Å². The van der Waals surface area contributed by atoms with Gasteiger partial charge in [-0.25, -0.2) is 0 Å². The van der Waals surface area contributed by atoms with Crippen LogP contribution >= 0.6 is 0 Å². The average molecular weight is 216 g/mol. The first kappa shape index (κ1) is 14.4. The Morgan fingerprint density at radius 1 is 1.40 bits per heavy atom. The molecule has 15 heavy (non-hydrogen) atoms. The van der Waals surface area contributed by atoms with Gasteiger partial charge in [-0.2, -0.15) is 0 Å². The molecule has 0 atom stereocenters. The highest BCUT2D eigenvalue weighted by atomic mass is 16.3. The van der Waals surface area contributed by atoms with Crippen molar-refractivity contribution in [3.63, 3.8) is 0 Å². The van der Waals surface area contributed by atoms with Crippen LogP contribution in [0.2, 0.25) is 0 Å². The van der Waals surface area contributed by atoms with E-state index in [1.54, 1.807) is 0 Å². The molecule has 0 aliphatic heterocycles. The second-order valence-electron chi connectivity index (χ2n) is 4.93. The smallest absolute Gasteiger partial charge is 0.233 e. The average Bonchev–Trinajstić information content (AvgIpc) is 2.14. The molecule has 0 saturated carbocycles. The molecule has 0 rings (SSSR count). The van der Waals surface area contributed by atoms with Gasteiger partial charge in [-0.05, 0) is 26.2 Å². The van der Waals surface area contributed by atoms with Crippen molar-refractivity contribution < 1.29 is 9.90 Å². The molecule has 90 valence electrons. The number of carbonyl (C=O) groups excluding carboxylic acids is 1. The molecule has 3 N–H and O–H groups in total. The van der Waals surface area contributed by atoms with E-state index in [-0.39, 0.29) is 19.1 Å². The summed E-state index contributed by atoms with van der Waals surface area (Å²) in [5, 5.41) is 14.8. The number of amides is 1. The third-order valence-corrected chi connectivity index (χ3v) is 2.17. The zero-order valence-electron chi connectivity index (χ0n) is 10.3. The molecule has 4 heteroatoms. The van der Waals surface area contributed by atoms with Crippen molar-refractivity contribution in [2.24, 2.45) is 5.92 Å². The molecular formula is C11H24N2O2. The number of hydrogen-bond donors (Lipinski definition) is 3. The molecule has 0 radical (unpaired) electrons. The Morgan fingerprint density at radius 2 is 2.00 bits per heavy atom. The molecule has 0 fully saturated rings. The molecule has 0 spiro atoms. The van der Waals surface area contributed by atoms with Gasteiger partial charge in [0.1, 0.15) is 0 Å². The second-order valence-corrected chi connectivity index (χ2v) is 4.93. The molecule has 0 unspecified atom stereocenters. The van der Waals surface area contributed by atoms with Crippen LogP contribution in [0.25, 0.3) is 0 Å². The molecule has 0 bridgehead atoms. The first-order valence-corrected chi connectivity index (χ1v) is 5.50. The Hall–Kier alpha value is -0.610. The number of carbonyl (C=O) groups is 1. The lowest BCUT2D eigenvalue weighted by molar-refractivity contribution is -0.120. The summed E-state index contributed by atoms with van der Waals surface area (Å²) in [6.45, 7) is 8.96. The van der Waals surface area contributed by atoms with E-state index in [2.05, 4.69) is 24.5 Å². The first-order valence-electron chi connectivity index (χ1n) is 5.50. The zero-order chi connectivity index (χ0) is 11.9. The van der Waals surface area contributed by atoms with Crippen molar-refractivity contribution >= 4 is 5.91 Å². The molecule has 0 aromatic rings. The minimum absolute atomic E-state index is 0.0165. The minimum Gasteiger partial charge on any atom is -0.394 e. The van der Waals surface area contributed by atoms with Crippen LogP contribution in [0.5, 0.6) is 0 Å². The molecule has 4 nitrogen and oxygen atoms in total. The maximum Gasteiger partial charge on any atom is 0.233 e. The maximum absolute atomic E-state index is 11.3. The highest BCUT2D eigenvalue weighted by Gasteiger charge is 2.16. The summed E-state index contributed by atoms with van der Waals surface area (Å²) >= 11 is 0. The summed E-state index contributed by atoms with van der Waals surface area (Å²) in [5.74, 6) is 0.587. The lowest BCUT2D eigenvalue weighted by Gasteiger charge is -2.23. The van der Waals surface area contributed by atoms with Gasteiger partial charge in [0, 0.05) is 12.1 Å². The van der Waals surface area contributed by atoms with Gasteiger partial charge in [0.2, 0.25) is 5.91 Å². The Bertz CT molecular complexity index is 191. The Kier molecular flexibility index (Phi) is 6.52. The van der Waals surface area contributed by atoms with Crippen LogP contribution in [-0.2, 0) is 4.79 Å². The predicted molar refractivity (Wildman–Crippen MR) is 61.6 cm³/mol. The number of aliphatic hydroxyl groups excluding tert-OH is 1. The van der Waals surface area contributed by atoms with Gasteiger partial charge in [-0.3, -0.25) is 4.79 Å². The standard InChI is InChI=1S/C11H24N2O2/c1-9(2)5-6-12-10(15)7-13-11(3,4)8-14/h9,13-14H,5-8H2,1-4H3,(H,12,15). The number of aliphatic hydroxyl groups is 1. The third-order valence-electron chi connectivity index (χ3n) is 2.17. The van der Waals surface area contributed by atoms with Crippen molar-refractivity contribution in [3.8, 4) is 0 Å². The van der Waals surface area contributed by atoms with Crippen LogP contribution in [-0.4, -0.2) is 36.2 Å². The summed E-state index contributed by atoms with van der Waals surface area (Å²) in [6, 6.07) is 0. The van der Waals surface area contributed by atoms with Gasteiger partial charge in [0.05, 0.1) is 13.2 Å². The molecule has 0 aromatic carbocycles. The van der Waals surface area contributed by atoms with Crippen LogP contribution in [0.1, 0.15) is 34.1 Å². The van der Waals surface area contributed by atoms with E-state index in [4.69, 9.17) is 5.11 Å². The van der Waals surface area contributed by atoms with Crippen LogP contribution < -0.4 is 10.6 Å². The molecule has 0 aliphatic rings. The van der Waals surface area contributed by atoms with E-state index < -0.39 is 5.54 Å². The molecule has 0 heterocycles. The van der Waals surface area contributed by atoms with E-state index in [1.165, 1.54) is 0 Å². The lowest BCUT2D eigenvalue weighted by atomic mass is 10.1. The Balaban J connectivity index is 3.58. The Morgan fingerprint density at radius 3 is 2.47 bits per heavy atom. The van der Waals surface area contributed by atoms with E-state index in [9.17, 15) is 4.79 Å². The van der Waals surface area contributed by atoms with Crippen molar-refractivity contribution in [1.82, 2.24) is 10.6 Å². The van der Waals surface area contributed by atoms with Crippen molar-refractivity contribution in [1.29, 1.82) is 0 Å². The summed E-state index contributed by atoms with van der Waals surface area (Å²) in [4.78, 5) is 11.3. The number of rotatable bonds is 7. The molecule has 1 amide bonds.